The van der Waals surface area contributed by atoms with Crippen LogP contribution in [0.1, 0.15) is 17.2 Å². The Hall–Kier alpha value is -1.62. The highest BCUT2D eigenvalue weighted by atomic mass is 32.2. The number of nitrogens with two attached hydrogens (primary N) is 1. The van der Waals surface area contributed by atoms with Gasteiger partial charge in [-0.2, -0.15) is 9.97 Å². The summed E-state index contributed by atoms with van der Waals surface area (Å²) < 4.78 is 0. The number of hydrogen-bond donors (Lipinski definition) is 1. The van der Waals surface area contributed by atoms with Gasteiger partial charge in [-0.05, 0) is 26.0 Å². The first-order chi connectivity index (χ1) is 8.13. The van der Waals surface area contributed by atoms with E-state index in [1.165, 1.54) is 10.5 Å². The summed E-state index contributed by atoms with van der Waals surface area (Å²) in [6.45, 7) is 3.89. The van der Waals surface area contributed by atoms with Crippen molar-refractivity contribution in [3.05, 3.63) is 41.5 Å². The Kier molecular flexibility index (Phi) is 3.58. The number of aromatic nitrogens is 3. The van der Waals surface area contributed by atoms with Gasteiger partial charge in [0.1, 0.15) is 11.6 Å². The fourth-order valence-corrected chi connectivity index (χ4v) is 2.16. The maximum Gasteiger partial charge on any atom is 0.223 e. The molecular formula is C12H14N4S. The second-order valence-corrected chi connectivity index (χ2v) is 4.81. The van der Waals surface area contributed by atoms with Gasteiger partial charge >= 0.3 is 0 Å². The molecule has 0 spiro atoms. The molecule has 0 radical (unpaired) electrons. The number of rotatable bonds is 3. The smallest absolute Gasteiger partial charge is 0.223 e. The normalized spacial score (nSPS) is 10.5. The molecule has 2 N–H and O–H groups in total. The Bertz CT molecular complexity index is 490. The quantitative estimate of drug-likeness (QED) is 0.842. The molecule has 1 aromatic heterocycles. The third kappa shape index (κ3) is 3.42. The molecule has 0 aliphatic heterocycles. The highest BCUT2D eigenvalue weighted by molar-refractivity contribution is 7.98. The molecule has 2 rings (SSSR count). The van der Waals surface area contributed by atoms with Crippen LogP contribution >= 0.6 is 11.8 Å². The summed E-state index contributed by atoms with van der Waals surface area (Å²) in [5, 5.41) is 0. The maximum atomic E-state index is 5.58. The Morgan fingerprint density at radius 1 is 1.06 bits per heavy atom. The molecule has 0 unspecified atom stereocenters. The average molecular weight is 246 g/mol. The Labute approximate surface area is 105 Å². The summed E-state index contributed by atoms with van der Waals surface area (Å²) in [6.07, 6.45) is 0. The van der Waals surface area contributed by atoms with Gasteiger partial charge in [0.15, 0.2) is 0 Å². The second-order valence-electron chi connectivity index (χ2n) is 3.76. The first-order valence-corrected chi connectivity index (χ1v) is 6.28. The van der Waals surface area contributed by atoms with Gasteiger partial charge in [-0.1, -0.05) is 17.7 Å². The largest absolute Gasteiger partial charge is 0.368 e. The lowest BCUT2D eigenvalue weighted by Gasteiger charge is -2.03. The van der Waals surface area contributed by atoms with Crippen molar-refractivity contribution in [1.29, 1.82) is 0 Å². The zero-order valence-corrected chi connectivity index (χ0v) is 10.7. The highest BCUT2D eigenvalue weighted by Crippen LogP contribution is 2.21. The van der Waals surface area contributed by atoms with Crippen molar-refractivity contribution < 1.29 is 0 Å². The van der Waals surface area contributed by atoms with Crippen LogP contribution in [0.2, 0.25) is 0 Å². The zero-order chi connectivity index (χ0) is 12.3. The van der Waals surface area contributed by atoms with Crippen LogP contribution in [-0.2, 0) is 5.75 Å². The van der Waals surface area contributed by atoms with Crippen molar-refractivity contribution in [1.82, 2.24) is 15.0 Å². The van der Waals surface area contributed by atoms with Crippen molar-refractivity contribution in [2.45, 2.75) is 24.5 Å². The molecule has 1 heterocycles. The molecule has 0 saturated heterocycles. The van der Waals surface area contributed by atoms with E-state index in [9.17, 15) is 0 Å². The van der Waals surface area contributed by atoms with E-state index in [0.29, 0.717) is 11.6 Å². The number of benzene rings is 1. The topological polar surface area (TPSA) is 64.7 Å². The molecule has 88 valence electrons. The second kappa shape index (κ2) is 5.14. The lowest BCUT2D eigenvalue weighted by atomic mass is 10.2. The molecule has 0 fully saturated rings. The van der Waals surface area contributed by atoms with Crippen molar-refractivity contribution in [2.24, 2.45) is 0 Å². The van der Waals surface area contributed by atoms with E-state index in [1.54, 1.807) is 11.8 Å². The van der Waals surface area contributed by atoms with Gasteiger partial charge in [0.25, 0.3) is 0 Å². The lowest BCUT2D eigenvalue weighted by Crippen LogP contribution is -2.03. The first kappa shape index (κ1) is 11.9. The van der Waals surface area contributed by atoms with Gasteiger partial charge in [-0.3, -0.25) is 0 Å². The standard InChI is InChI=1S/C12H14N4S/c1-8-3-5-10(6-4-8)17-7-11-14-9(2)15-12(13)16-11/h3-6H,7H2,1-2H3,(H2,13,14,15,16). The molecule has 1 aromatic carbocycles. The van der Waals surface area contributed by atoms with Crippen LogP contribution in [0.15, 0.2) is 29.2 Å². The zero-order valence-electron chi connectivity index (χ0n) is 9.84. The predicted molar refractivity (Wildman–Crippen MR) is 69.7 cm³/mol. The minimum Gasteiger partial charge on any atom is -0.368 e. The van der Waals surface area contributed by atoms with Crippen LogP contribution in [0.5, 0.6) is 0 Å². The van der Waals surface area contributed by atoms with E-state index in [1.807, 2.05) is 6.92 Å². The molecule has 0 aliphatic rings. The van der Waals surface area contributed by atoms with E-state index >= 15 is 0 Å². The third-order valence-electron chi connectivity index (χ3n) is 2.20. The predicted octanol–water partition coefficient (Wildman–Crippen LogP) is 2.36. The number of thioether (sulfide) groups is 1. The molecule has 0 amide bonds. The number of aryl methyl sites for hydroxylation is 2. The minimum atomic E-state index is 0.289. The SMILES string of the molecule is Cc1ccc(SCc2nc(C)nc(N)n2)cc1. The van der Waals surface area contributed by atoms with Crippen molar-refractivity contribution >= 4 is 17.7 Å². The van der Waals surface area contributed by atoms with E-state index in [0.717, 1.165) is 5.82 Å². The number of nitrogen functional groups attached to an aromatic ring is 1. The molecule has 17 heavy (non-hydrogen) atoms. The monoisotopic (exact) mass is 246 g/mol. The lowest BCUT2D eigenvalue weighted by molar-refractivity contribution is 0.923. The van der Waals surface area contributed by atoms with Crippen molar-refractivity contribution in [3.8, 4) is 0 Å². The van der Waals surface area contributed by atoms with E-state index < -0.39 is 0 Å². The van der Waals surface area contributed by atoms with Gasteiger partial charge < -0.3 is 5.73 Å². The van der Waals surface area contributed by atoms with Crippen LogP contribution in [0.4, 0.5) is 5.95 Å². The fourth-order valence-electron chi connectivity index (χ4n) is 1.41. The van der Waals surface area contributed by atoms with Gasteiger partial charge in [0.05, 0.1) is 5.75 Å². The molecule has 0 saturated carbocycles. The molecule has 0 aliphatic carbocycles. The summed E-state index contributed by atoms with van der Waals surface area (Å²) in [5.74, 6) is 2.38. The summed E-state index contributed by atoms with van der Waals surface area (Å²) in [4.78, 5) is 13.5. The van der Waals surface area contributed by atoms with Crippen LogP contribution in [0, 0.1) is 13.8 Å². The molecule has 0 atom stereocenters. The summed E-state index contributed by atoms with van der Waals surface area (Å²) in [6, 6.07) is 8.37. The fraction of sp³-hybridized carbons (Fsp3) is 0.250. The van der Waals surface area contributed by atoms with Crippen LogP contribution in [-0.4, -0.2) is 15.0 Å². The Balaban J connectivity index is 2.04. The van der Waals surface area contributed by atoms with Crippen molar-refractivity contribution in [3.63, 3.8) is 0 Å². The molecular weight excluding hydrogens is 232 g/mol. The molecule has 5 heteroatoms. The highest BCUT2D eigenvalue weighted by Gasteiger charge is 2.02. The summed E-state index contributed by atoms with van der Waals surface area (Å²) in [5.41, 5.74) is 6.84. The third-order valence-corrected chi connectivity index (χ3v) is 3.21. The molecule has 2 aromatic rings. The van der Waals surface area contributed by atoms with Crippen LogP contribution < -0.4 is 5.73 Å². The van der Waals surface area contributed by atoms with E-state index in [4.69, 9.17) is 5.73 Å². The average Bonchev–Trinajstić information content (AvgIpc) is 2.27. The van der Waals surface area contributed by atoms with Gasteiger partial charge in [-0.25, -0.2) is 4.98 Å². The molecule has 0 bridgehead atoms. The Morgan fingerprint density at radius 2 is 1.76 bits per heavy atom. The number of anilines is 1. The van der Waals surface area contributed by atoms with E-state index in [2.05, 4.69) is 46.1 Å². The summed E-state index contributed by atoms with van der Waals surface area (Å²) >= 11 is 1.69. The van der Waals surface area contributed by atoms with Gasteiger partial charge in [-0.15, -0.1) is 11.8 Å². The summed E-state index contributed by atoms with van der Waals surface area (Å²) in [7, 11) is 0. The van der Waals surface area contributed by atoms with Crippen molar-refractivity contribution in [2.75, 3.05) is 5.73 Å². The van der Waals surface area contributed by atoms with E-state index in [-0.39, 0.29) is 5.95 Å². The van der Waals surface area contributed by atoms with Crippen LogP contribution in [0.25, 0.3) is 0 Å². The number of hydrogen-bond acceptors (Lipinski definition) is 5. The maximum absolute atomic E-state index is 5.58. The Morgan fingerprint density at radius 3 is 2.41 bits per heavy atom. The minimum absolute atomic E-state index is 0.289. The molecule has 4 nitrogen and oxygen atoms in total. The van der Waals surface area contributed by atoms with Gasteiger partial charge in [0.2, 0.25) is 5.95 Å². The van der Waals surface area contributed by atoms with Gasteiger partial charge in [0, 0.05) is 4.90 Å². The number of nitrogens with zero attached hydrogens (tertiary/aromatic N) is 3. The first-order valence-electron chi connectivity index (χ1n) is 5.30. The van der Waals surface area contributed by atoms with Crippen LogP contribution in [0.3, 0.4) is 0 Å².